The molecule has 0 amide bonds. The Morgan fingerprint density at radius 1 is 1.35 bits per heavy atom. The molecule has 6 heteroatoms. The summed E-state index contributed by atoms with van der Waals surface area (Å²) in [5, 5.41) is 3.34. The number of rotatable bonds is 3. The van der Waals surface area contributed by atoms with Crippen molar-refractivity contribution in [3.8, 4) is 0 Å². The van der Waals surface area contributed by atoms with E-state index in [2.05, 4.69) is 5.32 Å². The molecule has 17 heavy (non-hydrogen) atoms. The quantitative estimate of drug-likeness (QED) is 0.784. The molecule has 1 N–H and O–H groups in total. The second-order valence-corrected chi connectivity index (χ2v) is 7.45. The lowest BCUT2D eigenvalue weighted by Gasteiger charge is -2.30. The van der Waals surface area contributed by atoms with Crippen LogP contribution in [0, 0.1) is 11.8 Å². The van der Waals surface area contributed by atoms with Crippen molar-refractivity contribution in [2.45, 2.75) is 32.9 Å². The minimum atomic E-state index is -3.29. The van der Waals surface area contributed by atoms with E-state index in [1.165, 1.54) is 4.31 Å². The van der Waals surface area contributed by atoms with Gasteiger partial charge in [-0.25, -0.2) is 0 Å². The average molecular weight is 261 g/mol. The van der Waals surface area contributed by atoms with Crippen LogP contribution in [-0.2, 0) is 10.2 Å². The van der Waals surface area contributed by atoms with Crippen LogP contribution in [0.4, 0.5) is 0 Å². The molecular formula is C11H23N3O2S. The summed E-state index contributed by atoms with van der Waals surface area (Å²) in [4.78, 5) is 0. The molecule has 3 atom stereocenters. The van der Waals surface area contributed by atoms with Gasteiger partial charge >= 0.3 is 0 Å². The van der Waals surface area contributed by atoms with Crippen LogP contribution in [0.15, 0.2) is 0 Å². The van der Waals surface area contributed by atoms with Gasteiger partial charge in [0.15, 0.2) is 0 Å². The van der Waals surface area contributed by atoms with E-state index >= 15 is 0 Å². The van der Waals surface area contributed by atoms with Crippen molar-refractivity contribution in [3.63, 3.8) is 0 Å². The van der Waals surface area contributed by atoms with E-state index in [9.17, 15) is 8.42 Å². The molecule has 0 radical (unpaired) electrons. The molecule has 0 saturated carbocycles. The van der Waals surface area contributed by atoms with Crippen LogP contribution in [0.1, 0.15) is 20.8 Å². The first-order valence-corrected chi connectivity index (χ1v) is 7.71. The summed E-state index contributed by atoms with van der Waals surface area (Å²) in [5.74, 6) is 0.964. The van der Waals surface area contributed by atoms with Crippen LogP contribution in [0.3, 0.4) is 0 Å². The molecule has 2 rings (SSSR count). The van der Waals surface area contributed by atoms with Crippen molar-refractivity contribution in [2.75, 3.05) is 26.7 Å². The Morgan fingerprint density at radius 3 is 2.53 bits per heavy atom. The van der Waals surface area contributed by atoms with Crippen molar-refractivity contribution in [2.24, 2.45) is 11.8 Å². The molecule has 0 spiro atoms. The predicted molar refractivity (Wildman–Crippen MR) is 67.8 cm³/mol. The molecule has 0 aliphatic carbocycles. The highest BCUT2D eigenvalue weighted by atomic mass is 32.2. The fourth-order valence-corrected chi connectivity index (χ4v) is 4.69. The van der Waals surface area contributed by atoms with Gasteiger partial charge in [0.2, 0.25) is 0 Å². The average Bonchev–Trinajstić information content (AvgIpc) is 2.80. The van der Waals surface area contributed by atoms with Crippen LogP contribution in [-0.4, -0.2) is 55.8 Å². The smallest absolute Gasteiger partial charge is 0.282 e. The van der Waals surface area contributed by atoms with Gasteiger partial charge in [-0.1, -0.05) is 0 Å². The van der Waals surface area contributed by atoms with E-state index in [-0.39, 0.29) is 12.1 Å². The Balaban J connectivity index is 2.19. The molecule has 0 aromatic carbocycles. The largest absolute Gasteiger partial charge is 0.316 e. The lowest BCUT2D eigenvalue weighted by Crippen LogP contribution is -2.47. The van der Waals surface area contributed by atoms with Crippen molar-refractivity contribution in [1.29, 1.82) is 0 Å². The monoisotopic (exact) mass is 261 g/mol. The highest BCUT2D eigenvalue weighted by Crippen LogP contribution is 2.34. The Hall–Kier alpha value is -0.170. The van der Waals surface area contributed by atoms with Crippen LogP contribution >= 0.6 is 0 Å². The van der Waals surface area contributed by atoms with Crippen LogP contribution in [0.25, 0.3) is 0 Å². The summed E-state index contributed by atoms with van der Waals surface area (Å²) >= 11 is 0. The molecule has 2 aliphatic rings. The fourth-order valence-electron chi connectivity index (χ4n) is 2.86. The van der Waals surface area contributed by atoms with Crippen molar-refractivity contribution >= 4 is 10.2 Å². The molecule has 0 aromatic heterocycles. The normalized spacial score (nSPS) is 34.8. The van der Waals surface area contributed by atoms with E-state index in [0.29, 0.717) is 18.4 Å². The zero-order valence-electron chi connectivity index (χ0n) is 11.0. The summed E-state index contributed by atoms with van der Waals surface area (Å²) in [6.07, 6.45) is 0. The fraction of sp³-hybridized carbons (Fsp3) is 1.00. The van der Waals surface area contributed by atoms with E-state index in [1.807, 2.05) is 20.8 Å². The lowest BCUT2D eigenvalue weighted by molar-refractivity contribution is 0.311. The van der Waals surface area contributed by atoms with Gasteiger partial charge in [-0.05, 0) is 45.7 Å². The second kappa shape index (κ2) is 4.50. The van der Waals surface area contributed by atoms with E-state index < -0.39 is 10.2 Å². The zero-order chi connectivity index (χ0) is 12.8. The Morgan fingerprint density at radius 2 is 2.00 bits per heavy atom. The Bertz CT molecular complexity index is 382. The van der Waals surface area contributed by atoms with Gasteiger partial charge in [0, 0.05) is 25.7 Å². The molecule has 0 bridgehead atoms. The molecule has 2 saturated heterocycles. The summed E-state index contributed by atoms with van der Waals surface area (Å²) in [7, 11) is -1.62. The van der Waals surface area contributed by atoms with Crippen molar-refractivity contribution in [1.82, 2.24) is 13.9 Å². The van der Waals surface area contributed by atoms with Gasteiger partial charge in [0.05, 0.1) is 0 Å². The van der Waals surface area contributed by atoms with Crippen LogP contribution < -0.4 is 5.32 Å². The molecule has 2 aliphatic heterocycles. The van der Waals surface area contributed by atoms with Crippen LogP contribution in [0.5, 0.6) is 0 Å². The van der Waals surface area contributed by atoms with E-state index in [4.69, 9.17) is 0 Å². The first kappa shape index (κ1) is 13.3. The maximum Gasteiger partial charge on any atom is 0.282 e. The predicted octanol–water partition coefficient (Wildman–Crippen LogP) is 0.111. The minimum Gasteiger partial charge on any atom is -0.316 e. The van der Waals surface area contributed by atoms with Crippen molar-refractivity contribution < 1.29 is 8.42 Å². The van der Waals surface area contributed by atoms with Gasteiger partial charge in [-0.2, -0.15) is 17.0 Å². The third-order valence-corrected chi connectivity index (χ3v) is 6.49. The zero-order valence-corrected chi connectivity index (χ0v) is 11.9. The molecule has 0 aromatic rings. The highest BCUT2D eigenvalue weighted by molar-refractivity contribution is 7.86. The highest BCUT2D eigenvalue weighted by Gasteiger charge is 2.47. The van der Waals surface area contributed by atoms with Gasteiger partial charge in [0.25, 0.3) is 10.2 Å². The number of hydrogen-bond donors (Lipinski definition) is 1. The minimum absolute atomic E-state index is 0.00534. The van der Waals surface area contributed by atoms with E-state index in [0.717, 1.165) is 13.1 Å². The second-order valence-electron chi connectivity index (χ2n) is 5.51. The van der Waals surface area contributed by atoms with Crippen molar-refractivity contribution in [3.05, 3.63) is 0 Å². The third kappa shape index (κ3) is 2.12. The number of nitrogens with one attached hydrogen (secondary N) is 1. The topological polar surface area (TPSA) is 52.7 Å². The summed E-state index contributed by atoms with van der Waals surface area (Å²) in [6.45, 7) is 8.40. The third-order valence-electron chi connectivity index (χ3n) is 4.27. The summed E-state index contributed by atoms with van der Waals surface area (Å²) in [5.41, 5.74) is 0. The standard InChI is InChI=1S/C11H23N3O2S/c1-8(2)13(4)17(15,16)14-7-10-5-12-6-11(10)9(14)3/h8-12H,5-7H2,1-4H3. The van der Waals surface area contributed by atoms with Gasteiger partial charge in [-0.15, -0.1) is 0 Å². The number of fused-ring (bicyclic) bond motifs is 1. The summed E-state index contributed by atoms with van der Waals surface area (Å²) in [6, 6.07) is 0.118. The molecule has 5 nitrogen and oxygen atoms in total. The number of hydrogen-bond acceptors (Lipinski definition) is 3. The lowest BCUT2D eigenvalue weighted by atomic mass is 9.95. The first-order valence-electron chi connectivity index (χ1n) is 6.31. The molecular weight excluding hydrogens is 238 g/mol. The van der Waals surface area contributed by atoms with Gasteiger partial charge < -0.3 is 5.32 Å². The SMILES string of the molecule is CC(C)N(C)S(=O)(=O)N1CC2CNCC2C1C. The van der Waals surface area contributed by atoms with E-state index in [1.54, 1.807) is 11.4 Å². The van der Waals surface area contributed by atoms with Crippen LogP contribution in [0.2, 0.25) is 0 Å². The molecule has 2 fully saturated rings. The summed E-state index contributed by atoms with van der Waals surface area (Å²) < 4.78 is 28.0. The Kier molecular flexibility index (Phi) is 3.51. The maximum atomic E-state index is 12.4. The van der Waals surface area contributed by atoms with Gasteiger partial charge in [-0.3, -0.25) is 0 Å². The molecule has 2 heterocycles. The maximum absolute atomic E-state index is 12.4. The molecule has 3 unspecified atom stereocenters. The number of nitrogens with zero attached hydrogens (tertiary/aromatic N) is 2. The Labute approximate surface area is 104 Å². The molecule has 100 valence electrons. The van der Waals surface area contributed by atoms with Gasteiger partial charge in [0.1, 0.15) is 0 Å². The first-order chi connectivity index (χ1) is 7.85.